The number of benzene rings is 2. The zero-order chi connectivity index (χ0) is 15.2. The van der Waals surface area contributed by atoms with Crippen molar-refractivity contribution in [2.45, 2.75) is 26.4 Å². The smallest absolute Gasteiger partial charge is 0.224 e. The normalized spacial score (nSPS) is 10.4. The second-order valence-electron chi connectivity index (χ2n) is 5.01. The van der Waals surface area contributed by atoms with E-state index in [9.17, 15) is 4.79 Å². The number of nitrogens with two attached hydrogens (primary N) is 1. The van der Waals surface area contributed by atoms with Crippen LogP contribution in [0.1, 0.15) is 22.3 Å². The largest absolute Gasteiger partial charge is 0.352 e. The average Bonchev–Trinajstić information content (AvgIpc) is 2.49. The number of rotatable bonds is 5. The monoisotopic (exact) mass is 302 g/mol. The Bertz CT molecular complexity index is 640. The van der Waals surface area contributed by atoms with Crippen LogP contribution in [0, 0.1) is 6.92 Å². The first-order valence-corrected chi connectivity index (χ1v) is 7.26. The van der Waals surface area contributed by atoms with Crippen molar-refractivity contribution in [3.8, 4) is 0 Å². The maximum atomic E-state index is 12.0. The minimum Gasteiger partial charge on any atom is -0.352 e. The predicted molar refractivity (Wildman–Crippen MR) is 86.1 cm³/mol. The van der Waals surface area contributed by atoms with Crippen molar-refractivity contribution < 1.29 is 4.79 Å². The van der Waals surface area contributed by atoms with E-state index in [4.69, 9.17) is 17.3 Å². The molecule has 0 saturated heterocycles. The van der Waals surface area contributed by atoms with E-state index in [0.717, 1.165) is 27.3 Å². The maximum Gasteiger partial charge on any atom is 0.224 e. The molecule has 0 atom stereocenters. The Morgan fingerprint density at radius 2 is 1.90 bits per heavy atom. The molecule has 4 heteroatoms. The van der Waals surface area contributed by atoms with E-state index in [1.54, 1.807) is 0 Å². The summed E-state index contributed by atoms with van der Waals surface area (Å²) in [4.78, 5) is 12.0. The highest BCUT2D eigenvalue weighted by atomic mass is 35.5. The molecule has 3 N–H and O–H groups in total. The summed E-state index contributed by atoms with van der Waals surface area (Å²) < 4.78 is 0. The van der Waals surface area contributed by atoms with Gasteiger partial charge in [0.25, 0.3) is 0 Å². The van der Waals surface area contributed by atoms with E-state index >= 15 is 0 Å². The van der Waals surface area contributed by atoms with Crippen LogP contribution in [-0.2, 0) is 24.3 Å². The molecular weight excluding hydrogens is 284 g/mol. The van der Waals surface area contributed by atoms with Gasteiger partial charge in [0, 0.05) is 18.1 Å². The second kappa shape index (κ2) is 7.25. The maximum absolute atomic E-state index is 12.0. The first-order chi connectivity index (χ1) is 10.1. The molecular formula is C17H19ClN2O. The third-order valence-corrected chi connectivity index (χ3v) is 3.83. The lowest BCUT2D eigenvalue weighted by Crippen LogP contribution is -2.25. The minimum atomic E-state index is -0.0106. The van der Waals surface area contributed by atoms with Crippen molar-refractivity contribution in [3.63, 3.8) is 0 Å². The van der Waals surface area contributed by atoms with Crippen molar-refractivity contribution in [1.82, 2.24) is 5.32 Å². The molecule has 1 amide bonds. The first kappa shape index (κ1) is 15.5. The Morgan fingerprint density at radius 3 is 2.57 bits per heavy atom. The standard InChI is InChI=1S/C17H19ClN2O/c1-12-8-13(6-7-16(12)18)9-17(21)20-11-15-5-3-2-4-14(15)10-19/h2-8H,9-11,19H2,1H3,(H,20,21). The topological polar surface area (TPSA) is 55.1 Å². The molecule has 0 aliphatic rings. The zero-order valence-corrected chi connectivity index (χ0v) is 12.8. The van der Waals surface area contributed by atoms with Gasteiger partial charge in [-0.2, -0.15) is 0 Å². The first-order valence-electron chi connectivity index (χ1n) is 6.88. The highest BCUT2D eigenvalue weighted by Gasteiger charge is 2.06. The van der Waals surface area contributed by atoms with Gasteiger partial charge >= 0.3 is 0 Å². The van der Waals surface area contributed by atoms with Gasteiger partial charge in [-0.1, -0.05) is 48.0 Å². The number of carbonyl (C=O) groups is 1. The van der Waals surface area contributed by atoms with Crippen LogP contribution in [0.5, 0.6) is 0 Å². The van der Waals surface area contributed by atoms with E-state index in [1.807, 2.05) is 49.4 Å². The van der Waals surface area contributed by atoms with Crippen molar-refractivity contribution in [2.75, 3.05) is 0 Å². The highest BCUT2D eigenvalue weighted by Crippen LogP contribution is 2.16. The summed E-state index contributed by atoms with van der Waals surface area (Å²) in [5.41, 5.74) is 9.74. The van der Waals surface area contributed by atoms with E-state index < -0.39 is 0 Å². The van der Waals surface area contributed by atoms with E-state index in [2.05, 4.69) is 5.32 Å². The molecule has 2 aromatic carbocycles. The van der Waals surface area contributed by atoms with E-state index in [0.29, 0.717) is 19.5 Å². The SMILES string of the molecule is Cc1cc(CC(=O)NCc2ccccc2CN)ccc1Cl. The van der Waals surface area contributed by atoms with Gasteiger partial charge < -0.3 is 11.1 Å². The van der Waals surface area contributed by atoms with Crippen molar-refractivity contribution in [1.29, 1.82) is 0 Å². The van der Waals surface area contributed by atoms with Crippen LogP contribution >= 0.6 is 11.6 Å². The number of hydrogen-bond acceptors (Lipinski definition) is 2. The zero-order valence-electron chi connectivity index (χ0n) is 12.0. The number of nitrogens with one attached hydrogen (secondary N) is 1. The molecule has 0 heterocycles. The van der Waals surface area contributed by atoms with Crippen LogP contribution in [0.25, 0.3) is 0 Å². The Labute approximate surface area is 130 Å². The van der Waals surface area contributed by atoms with Crippen molar-refractivity contribution >= 4 is 17.5 Å². The second-order valence-corrected chi connectivity index (χ2v) is 5.42. The van der Waals surface area contributed by atoms with Crippen molar-refractivity contribution in [2.24, 2.45) is 5.73 Å². The Morgan fingerprint density at radius 1 is 1.19 bits per heavy atom. The van der Waals surface area contributed by atoms with Gasteiger partial charge in [-0.15, -0.1) is 0 Å². The molecule has 0 aliphatic heterocycles. The molecule has 0 fully saturated rings. The van der Waals surface area contributed by atoms with E-state index in [1.165, 1.54) is 0 Å². The van der Waals surface area contributed by atoms with E-state index in [-0.39, 0.29) is 5.91 Å². The van der Waals surface area contributed by atoms with Gasteiger partial charge in [0.15, 0.2) is 0 Å². The summed E-state index contributed by atoms with van der Waals surface area (Å²) in [5.74, 6) is -0.0106. The summed E-state index contributed by atoms with van der Waals surface area (Å²) in [7, 11) is 0. The predicted octanol–water partition coefficient (Wildman–Crippen LogP) is 2.97. The fourth-order valence-electron chi connectivity index (χ4n) is 2.19. The Balaban J connectivity index is 1.94. The van der Waals surface area contributed by atoms with Crippen LogP contribution in [0.2, 0.25) is 5.02 Å². The molecule has 0 aliphatic carbocycles. The average molecular weight is 303 g/mol. The number of hydrogen-bond donors (Lipinski definition) is 2. The van der Waals surface area contributed by atoms with Crippen LogP contribution < -0.4 is 11.1 Å². The van der Waals surface area contributed by atoms with Gasteiger partial charge in [0.2, 0.25) is 5.91 Å². The fourth-order valence-corrected chi connectivity index (χ4v) is 2.31. The van der Waals surface area contributed by atoms with Gasteiger partial charge in [-0.3, -0.25) is 4.79 Å². The number of carbonyl (C=O) groups excluding carboxylic acids is 1. The summed E-state index contributed by atoms with van der Waals surface area (Å²) in [6.45, 7) is 2.91. The number of halogens is 1. The molecule has 2 rings (SSSR count). The summed E-state index contributed by atoms with van der Waals surface area (Å²) in [5, 5.41) is 3.65. The molecule has 0 aromatic heterocycles. The van der Waals surface area contributed by atoms with Gasteiger partial charge in [-0.25, -0.2) is 0 Å². The molecule has 0 spiro atoms. The van der Waals surface area contributed by atoms with Gasteiger partial charge in [-0.05, 0) is 35.2 Å². The molecule has 110 valence electrons. The fraction of sp³-hybridized carbons (Fsp3) is 0.235. The summed E-state index contributed by atoms with van der Waals surface area (Å²) in [6.07, 6.45) is 0.350. The molecule has 21 heavy (non-hydrogen) atoms. The Kier molecular flexibility index (Phi) is 5.37. The van der Waals surface area contributed by atoms with Crippen LogP contribution in [0.15, 0.2) is 42.5 Å². The third kappa shape index (κ3) is 4.31. The lowest BCUT2D eigenvalue weighted by Gasteiger charge is -2.10. The molecule has 2 aromatic rings. The Hall–Kier alpha value is -1.84. The molecule has 0 saturated carbocycles. The quantitative estimate of drug-likeness (QED) is 0.892. The number of amides is 1. The lowest BCUT2D eigenvalue weighted by molar-refractivity contribution is -0.120. The van der Waals surface area contributed by atoms with Gasteiger partial charge in [0.1, 0.15) is 0 Å². The van der Waals surface area contributed by atoms with Crippen LogP contribution in [-0.4, -0.2) is 5.91 Å². The molecule has 0 unspecified atom stereocenters. The highest BCUT2D eigenvalue weighted by molar-refractivity contribution is 6.31. The van der Waals surface area contributed by atoms with Crippen molar-refractivity contribution in [3.05, 3.63) is 69.7 Å². The lowest BCUT2D eigenvalue weighted by atomic mass is 10.1. The molecule has 0 radical (unpaired) electrons. The summed E-state index contributed by atoms with van der Waals surface area (Å²) >= 11 is 5.98. The van der Waals surface area contributed by atoms with Crippen LogP contribution in [0.3, 0.4) is 0 Å². The molecule has 3 nitrogen and oxygen atoms in total. The summed E-state index contributed by atoms with van der Waals surface area (Å²) in [6, 6.07) is 13.5. The van der Waals surface area contributed by atoms with Crippen LogP contribution in [0.4, 0.5) is 0 Å². The van der Waals surface area contributed by atoms with Gasteiger partial charge in [0.05, 0.1) is 6.42 Å². The number of aryl methyl sites for hydroxylation is 1. The third-order valence-electron chi connectivity index (χ3n) is 3.40. The minimum absolute atomic E-state index is 0.0106. The molecule has 0 bridgehead atoms.